The summed E-state index contributed by atoms with van der Waals surface area (Å²) in [6, 6.07) is 0. The van der Waals surface area contributed by atoms with E-state index >= 15 is 0 Å². The molecule has 0 rings (SSSR count). The van der Waals surface area contributed by atoms with E-state index < -0.39 is 0 Å². The van der Waals surface area contributed by atoms with Gasteiger partial charge in [0.1, 0.15) is 0 Å². The second-order valence-electron chi connectivity index (χ2n) is 0.929. The van der Waals surface area contributed by atoms with Gasteiger partial charge < -0.3 is 0 Å². The maximum absolute atomic E-state index is 2.84. The molecule has 0 unspecified atom stereocenters. The molecule has 0 aliphatic rings. The Morgan fingerprint density at radius 2 is 1.80 bits per heavy atom. The fourth-order valence-corrected chi connectivity index (χ4v) is 0. The molecule has 3 heteroatoms. The molecule has 0 fully saturated rings. The molecule has 0 aromatic heterocycles. The Morgan fingerprint density at radius 3 is 1.80 bits per heavy atom. The molecule has 0 saturated carbocycles. The van der Waals surface area contributed by atoms with Crippen LogP contribution in [-0.2, 0) is 0 Å². The summed E-state index contributed by atoms with van der Waals surface area (Å²) < 4.78 is 2.04. The summed E-state index contributed by atoms with van der Waals surface area (Å²) >= 11 is 2.84. The van der Waals surface area contributed by atoms with Crippen molar-refractivity contribution in [2.24, 2.45) is 0 Å². The average Bonchev–Trinajstić information content (AvgIpc) is 1.38. The molecule has 0 aromatic rings. The van der Waals surface area contributed by atoms with Gasteiger partial charge in [0, 0.05) is 0 Å². The van der Waals surface area contributed by atoms with E-state index in [1.807, 2.05) is 18.8 Å². The van der Waals surface area contributed by atoms with Crippen LogP contribution >= 0.6 is 6.98 Å². The van der Waals surface area contributed by atoms with Crippen LogP contribution < -0.4 is 0 Å². The molecule has 30 valence electrons. The van der Waals surface area contributed by atoms with Gasteiger partial charge in [-0.2, -0.15) is 0 Å². The van der Waals surface area contributed by atoms with Crippen LogP contribution in [0.2, 0.25) is 0 Å². The molecular formula is C2H6NPSe. The quantitative estimate of drug-likeness (QED) is 0.392. The van der Waals surface area contributed by atoms with Crippen molar-refractivity contribution in [3.8, 4) is 0 Å². The van der Waals surface area contributed by atoms with Crippen LogP contribution in [0.1, 0.15) is 0 Å². The van der Waals surface area contributed by atoms with E-state index in [9.17, 15) is 0 Å². The average molecular weight is 154 g/mol. The SMILES string of the molecule is CN(C)P=[Se]. The Balaban J connectivity index is 2.83. The van der Waals surface area contributed by atoms with Crippen LogP contribution in [-0.4, -0.2) is 33.9 Å². The molecular weight excluding hydrogens is 148 g/mol. The minimum absolute atomic E-state index is 1.21. The summed E-state index contributed by atoms with van der Waals surface area (Å²) in [5.74, 6) is 0. The van der Waals surface area contributed by atoms with E-state index in [2.05, 4.69) is 15.1 Å². The normalized spacial score (nSPS) is 10.2. The molecule has 0 saturated heterocycles. The summed E-state index contributed by atoms with van der Waals surface area (Å²) in [4.78, 5) is 0. The predicted molar refractivity (Wildman–Crippen MR) is 26.4 cm³/mol. The van der Waals surface area contributed by atoms with Gasteiger partial charge in [-0.15, -0.1) is 0 Å². The van der Waals surface area contributed by atoms with Crippen molar-refractivity contribution in [3.63, 3.8) is 0 Å². The summed E-state index contributed by atoms with van der Waals surface area (Å²) in [6.45, 7) is 1.21. The molecule has 0 heterocycles. The Hall–Kier alpha value is 0.779. The topological polar surface area (TPSA) is 3.24 Å². The van der Waals surface area contributed by atoms with Crippen molar-refractivity contribution >= 4 is 22.1 Å². The molecule has 1 nitrogen and oxygen atoms in total. The molecule has 0 atom stereocenters. The standard InChI is InChI=1S/C2H6NPSe/c1-3(2)4-5/h1-2H3. The van der Waals surface area contributed by atoms with Crippen molar-refractivity contribution in [3.05, 3.63) is 0 Å². The van der Waals surface area contributed by atoms with Crippen LogP contribution in [0.25, 0.3) is 0 Å². The number of hydrogen-bond acceptors (Lipinski definition) is 1. The van der Waals surface area contributed by atoms with Crippen LogP contribution in [0.3, 0.4) is 0 Å². The molecule has 0 bridgehead atoms. The summed E-state index contributed by atoms with van der Waals surface area (Å²) in [5, 5.41) is 0. The van der Waals surface area contributed by atoms with E-state index in [1.54, 1.807) is 0 Å². The molecule has 0 aliphatic carbocycles. The van der Waals surface area contributed by atoms with E-state index in [1.165, 1.54) is 6.98 Å². The second kappa shape index (κ2) is 2.99. The van der Waals surface area contributed by atoms with E-state index in [-0.39, 0.29) is 0 Å². The first kappa shape index (κ1) is 5.78. The Bertz CT molecular complexity index is 36.6. The molecule has 0 radical (unpaired) electrons. The van der Waals surface area contributed by atoms with Crippen LogP contribution in [0.15, 0.2) is 0 Å². The van der Waals surface area contributed by atoms with Gasteiger partial charge in [-0.1, -0.05) is 0 Å². The zero-order chi connectivity index (χ0) is 4.28. The van der Waals surface area contributed by atoms with Crippen LogP contribution in [0.5, 0.6) is 0 Å². The van der Waals surface area contributed by atoms with Crippen molar-refractivity contribution in [1.29, 1.82) is 0 Å². The monoisotopic (exact) mass is 155 g/mol. The Morgan fingerprint density at radius 1 is 1.60 bits per heavy atom. The molecule has 5 heavy (non-hydrogen) atoms. The molecule has 0 aromatic carbocycles. The maximum atomic E-state index is 2.84. The van der Waals surface area contributed by atoms with E-state index in [0.717, 1.165) is 0 Å². The summed E-state index contributed by atoms with van der Waals surface area (Å²) in [7, 11) is 4.02. The van der Waals surface area contributed by atoms with Gasteiger partial charge >= 0.3 is 40.8 Å². The van der Waals surface area contributed by atoms with Crippen molar-refractivity contribution in [2.45, 2.75) is 0 Å². The first-order chi connectivity index (χ1) is 2.27. The fourth-order valence-electron chi connectivity index (χ4n) is 0. The fraction of sp³-hybridized carbons (Fsp3) is 1.00. The second-order valence-corrected chi connectivity index (χ2v) is 2.92. The Labute approximate surface area is 41.5 Å². The third-order valence-electron chi connectivity index (χ3n) is 0.163. The van der Waals surface area contributed by atoms with Gasteiger partial charge in [-0.3, -0.25) is 0 Å². The number of hydrogen-bond donors (Lipinski definition) is 0. The molecule has 0 aliphatic heterocycles. The predicted octanol–water partition coefficient (Wildman–Crippen LogP) is 0.493. The first-order valence-corrected chi connectivity index (χ1v) is 4.34. The summed E-state index contributed by atoms with van der Waals surface area (Å²) in [5.41, 5.74) is 0. The van der Waals surface area contributed by atoms with Gasteiger partial charge in [0.15, 0.2) is 0 Å². The van der Waals surface area contributed by atoms with E-state index in [0.29, 0.717) is 0 Å². The van der Waals surface area contributed by atoms with Crippen molar-refractivity contribution < 1.29 is 0 Å². The number of rotatable bonds is 1. The zero-order valence-electron chi connectivity index (χ0n) is 3.30. The van der Waals surface area contributed by atoms with Gasteiger partial charge in [0.05, 0.1) is 0 Å². The summed E-state index contributed by atoms with van der Waals surface area (Å²) in [6.07, 6.45) is 0. The molecule has 0 amide bonds. The molecule has 0 N–H and O–H groups in total. The van der Waals surface area contributed by atoms with Gasteiger partial charge in [-0.25, -0.2) is 0 Å². The third kappa shape index (κ3) is 4.78. The van der Waals surface area contributed by atoms with Crippen molar-refractivity contribution in [1.82, 2.24) is 4.67 Å². The van der Waals surface area contributed by atoms with Crippen LogP contribution in [0.4, 0.5) is 0 Å². The van der Waals surface area contributed by atoms with Gasteiger partial charge in [0.2, 0.25) is 0 Å². The zero-order valence-corrected chi connectivity index (χ0v) is 5.91. The van der Waals surface area contributed by atoms with Gasteiger partial charge in [-0.05, 0) is 0 Å². The van der Waals surface area contributed by atoms with E-state index in [4.69, 9.17) is 0 Å². The van der Waals surface area contributed by atoms with Crippen molar-refractivity contribution in [2.75, 3.05) is 14.1 Å². The first-order valence-electron chi connectivity index (χ1n) is 1.28. The van der Waals surface area contributed by atoms with Gasteiger partial charge in [0.25, 0.3) is 0 Å². The minimum atomic E-state index is 1.21. The van der Waals surface area contributed by atoms with Crippen LogP contribution in [0, 0.1) is 0 Å². The Kier molecular flexibility index (Phi) is 3.45. The molecule has 0 spiro atoms. The third-order valence-corrected chi connectivity index (χ3v) is 2.55. The number of nitrogens with zero attached hydrogens (tertiary/aromatic N) is 1.